The van der Waals surface area contributed by atoms with Crippen LogP contribution in [0.2, 0.25) is 0 Å². The molecule has 1 aromatic carbocycles. The van der Waals surface area contributed by atoms with Crippen LogP contribution in [0.3, 0.4) is 0 Å². The van der Waals surface area contributed by atoms with Crippen molar-refractivity contribution in [2.45, 2.75) is 13.3 Å². The summed E-state index contributed by atoms with van der Waals surface area (Å²) in [4.78, 5) is 16.1. The maximum Gasteiger partial charge on any atom is 0.251 e. The Morgan fingerprint density at radius 1 is 1.48 bits per heavy atom. The number of nitrogen functional groups attached to an aromatic ring is 1. The number of aromatic nitrogens is 3. The van der Waals surface area contributed by atoms with Crippen LogP contribution >= 0.6 is 0 Å². The van der Waals surface area contributed by atoms with E-state index in [1.807, 2.05) is 6.92 Å². The Labute approximate surface area is 123 Å². The first-order valence-corrected chi connectivity index (χ1v) is 6.75. The van der Waals surface area contributed by atoms with E-state index in [9.17, 15) is 4.79 Å². The van der Waals surface area contributed by atoms with E-state index in [0.717, 1.165) is 0 Å². The van der Waals surface area contributed by atoms with Gasteiger partial charge >= 0.3 is 0 Å². The van der Waals surface area contributed by atoms with Crippen molar-refractivity contribution >= 4 is 11.6 Å². The SMILES string of the molecule is CCOc1ccc(C(=O)NCCc2ncn(C)n2)cc1N. The van der Waals surface area contributed by atoms with Gasteiger partial charge in [-0.25, -0.2) is 4.98 Å². The van der Waals surface area contributed by atoms with Gasteiger partial charge < -0.3 is 15.8 Å². The van der Waals surface area contributed by atoms with Crippen LogP contribution in [0.15, 0.2) is 24.5 Å². The lowest BCUT2D eigenvalue weighted by molar-refractivity contribution is 0.0954. The maximum atomic E-state index is 12.0. The monoisotopic (exact) mass is 289 g/mol. The summed E-state index contributed by atoms with van der Waals surface area (Å²) in [7, 11) is 1.80. The number of anilines is 1. The number of ether oxygens (including phenoxy) is 1. The summed E-state index contributed by atoms with van der Waals surface area (Å²) in [5, 5.41) is 6.95. The first kappa shape index (κ1) is 14.8. The summed E-state index contributed by atoms with van der Waals surface area (Å²) in [6, 6.07) is 5.00. The highest BCUT2D eigenvalue weighted by Crippen LogP contribution is 2.22. The molecule has 1 aromatic heterocycles. The second-order valence-corrected chi connectivity index (χ2v) is 4.53. The molecule has 0 atom stereocenters. The second-order valence-electron chi connectivity index (χ2n) is 4.53. The third-order valence-corrected chi connectivity index (χ3v) is 2.85. The molecule has 7 heteroatoms. The summed E-state index contributed by atoms with van der Waals surface area (Å²) < 4.78 is 6.97. The molecule has 0 radical (unpaired) electrons. The Hall–Kier alpha value is -2.57. The second kappa shape index (κ2) is 6.74. The molecule has 0 aliphatic carbocycles. The van der Waals surface area contributed by atoms with Gasteiger partial charge in [0.25, 0.3) is 5.91 Å². The smallest absolute Gasteiger partial charge is 0.251 e. The summed E-state index contributed by atoms with van der Waals surface area (Å²) in [6.07, 6.45) is 2.21. The van der Waals surface area contributed by atoms with Crippen molar-refractivity contribution < 1.29 is 9.53 Å². The molecule has 3 N–H and O–H groups in total. The number of rotatable bonds is 6. The first-order valence-electron chi connectivity index (χ1n) is 6.75. The van der Waals surface area contributed by atoms with E-state index in [1.54, 1.807) is 36.3 Å². The molecule has 1 amide bonds. The van der Waals surface area contributed by atoms with E-state index in [0.29, 0.717) is 42.4 Å². The zero-order valence-corrected chi connectivity index (χ0v) is 12.2. The zero-order valence-electron chi connectivity index (χ0n) is 12.2. The molecule has 0 saturated carbocycles. The van der Waals surface area contributed by atoms with Crippen molar-refractivity contribution in [1.82, 2.24) is 20.1 Å². The average molecular weight is 289 g/mol. The lowest BCUT2D eigenvalue weighted by Crippen LogP contribution is -2.26. The van der Waals surface area contributed by atoms with Crippen molar-refractivity contribution in [3.63, 3.8) is 0 Å². The number of benzene rings is 1. The molecular weight excluding hydrogens is 270 g/mol. The molecule has 0 unspecified atom stereocenters. The number of hydrogen-bond donors (Lipinski definition) is 2. The Kier molecular flexibility index (Phi) is 4.76. The fraction of sp³-hybridized carbons (Fsp3) is 0.357. The van der Waals surface area contributed by atoms with Crippen LogP contribution < -0.4 is 15.8 Å². The lowest BCUT2D eigenvalue weighted by atomic mass is 10.1. The van der Waals surface area contributed by atoms with Crippen LogP contribution in [-0.4, -0.2) is 33.8 Å². The van der Waals surface area contributed by atoms with Crippen molar-refractivity contribution in [3.05, 3.63) is 35.9 Å². The first-order chi connectivity index (χ1) is 10.1. The largest absolute Gasteiger partial charge is 0.492 e. The lowest BCUT2D eigenvalue weighted by Gasteiger charge is -2.09. The van der Waals surface area contributed by atoms with E-state index < -0.39 is 0 Å². The minimum atomic E-state index is -0.180. The number of amides is 1. The number of nitrogens with two attached hydrogens (primary N) is 1. The van der Waals surface area contributed by atoms with Gasteiger partial charge in [0.2, 0.25) is 0 Å². The van der Waals surface area contributed by atoms with Gasteiger partial charge in [0.15, 0.2) is 5.82 Å². The van der Waals surface area contributed by atoms with Gasteiger partial charge in [-0.1, -0.05) is 0 Å². The minimum Gasteiger partial charge on any atom is -0.492 e. The van der Waals surface area contributed by atoms with E-state index in [-0.39, 0.29) is 5.91 Å². The van der Waals surface area contributed by atoms with Gasteiger partial charge in [-0.2, -0.15) is 5.10 Å². The number of nitrogens with one attached hydrogen (secondary N) is 1. The molecule has 2 rings (SSSR count). The third kappa shape index (κ3) is 3.95. The Morgan fingerprint density at radius 3 is 2.90 bits per heavy atom. The normalized spacial score (nSPS) is 10.4. The van der Waals surface area contributed by atoms with E-state index in [4.69, 9.17) is 10.5 Å². The molecular formula is C14H19N5O2. The molecule has 0 spiro atoms. The highest BCUT2D eigenvalue weighted by Gasteiger charge is 2.09. The zero-order chi connectivity index (χ0) is 15.2. The predicted octanol–water partition coefficient (Wildman–Crippen LogP) is 0.768. The molecule has 0 aliphatic rings. The van der Waals surface area contributed by atoms with Crippen molar-refractivity contribution in [1.29, 1.82) is 0 Å². The molecule has 0 saturated heterocycles. The number of carbonyl (C=O) groups excluding carboxylic acids is 1. The summed E-state index contributed by atoms with van der Waals surface area (Å²) >= 11 is 0. The summed E-state index contributed by atoms with van der Waals surface area (Å²) in [6.45, 7) is 2.88. The van der Waals surface area contributed by atoms with Crippen molar-refractivity contribution in [2.24, 2.45) is 7.05 Å². The van der Waals surface area contributed by atoms with Gasteiger partial charge in [0.05, 0.1) is 12.3 Å². The van der Waals surface area contributed by atoms with Crippen LogP contribution in [0.4, 0.5) is 5.69 Å². The Balaban J connectivity index is 1.89. The Morgan fingerprint density at radius 2 is 2.29 bits per heavy atom. The van der Waals surface area contributed by atoms with Gasteiger partial charge in [-0.3, -0.25) is 9.48 Å². The van der Waals surface area contributed by atoms with Gasteiger partial charge in [0.1, 0.15) is 12.1 Å². The van der Waals surface area contributed by atoms with E-state index in [2.05, 4.69) is 15.4 Å². The standard InChI is InChI=1S/C14H19N5O2/c1-3-21-12-5-4-10(8-11(12)15)14(20)16-7-6-13-17-9-19(2)18-13/h4-5,8-9H,3,6-7,15H2,1-2H3,(H,16,20). The number of hydrogen-bond acceptors (Lipinski definition) is 5. The van der Waals surface area contributed by atoms with Gasteiger partial charge in [-0.05, 0) is 25.1 Å². The minimum absolute atomic E-state index is 0.180. The molecule has 112 valence electrons. The van der Waals surface area contributed by atoms with Crippen LogP contribution in [-0.2, 0) is 13.5 Å². The number of carbonyl (C=O) groups is 1. The van der Waals surface area contributed by atoms with Crippen LogP contribution in [0.1, 0.15) is 23.1 Å². The molecule has 0 aliphatic heterocycles. The third-order valence-electron chi connectivity index (χ3n) is 2.85. The quantitative estimate of drug-likeness (QED) is 0.766. The van der Waals surface area contributed by atoms with Crippen LogP contribution in [0.25, 0.3) is 0 Å². The summed E-state index contributed by atoms with van der Waals surface area (Å²) in [5.41, 5.74) is 6.80. The topological polar surface area (TPSA) is 95.1 Å². The van der Waals surface area contributed by atoms with Crippen LogP contribution in [0.5, 0.6) is 5.75 Å². The van der Waals surface area contributed by atoms with Gasteiger partial charge in [0, 0.05) is 25.6 Å². The average Bonchev–Trinajstić information content (AvgIpc) is 2.87. The molecule has 0 bridgehead atoms. The molecule has 7 nitrogen and oxygen atoms in total. The number of aryl methyl sites for hydroxylation is 1. The Bertz CT molecular complexity index is 624. The van der Waals surface area contributed by atoms with E-state index in [1.165, 1.54) is 0 Å². The fourth-order valence-corrected chi connectivity index (χ4v) is 1.87. The molecule has 21 heavy (non-hydrogen) atoms. The molecule has 1 heterocycles. The highest BCUT2D eigenvalue weighted by atomic mass is 16.5. The summed E-state index contributed by atoms with van der Waals surface area (Å²) in [5.74, 6) is 1.11. The van der Waals surface area contributed by atoms with E-state index >= 15 is 0 Å². The highest BCUT2D eigenvalue weighted by molar-refractivity contribution is 5.95. The van der Waals surface area contributed by atoms with Crippen molar-refractivity contribution in [2.75, 3.05) is 18.9 Å². The molecule has 0 fully saturated rings. The number of nitrogens with zero attached hydrogens (tertiary/aromatic N) is 3. The maximum absolute atomic E-state index is 12.0. The van der Waals surface area contributed by atoms with Crippen molar-refractivity contribution in [3.8, 4) is 5.75 Å². The predicted molar refractivity (Wildman–Crippen MR) is 79.1 cm³/mol. The van der Waals surface area contributed by atoms with Gasteiger partial charge in [-0.15, -0.1) is 0 Å². The van der Waals surface area contributed by atoms with Crippen LogP contribution in [0, 0.1) is 0 Å². The fourth-order valence-electron chi connectivity index (χ4n) is 1.87. The molecule has 2 aromatic rings.